The van der Waals surface area contributed by atoms with Gasteiger partial charge in [-0.15, -0.1) is 0 Å². The zero-order valence-corrected chi connectivity index (χ0v) is 8.90. The number of amides is 2. The third kappa shape index (κ3) is 2.59. The highest BCUT2D eigenvalue weighted by atomic mass is 16.2. The van der Waals surface area contributed by atoms with Crippen LogP contribution in [0.15, 0.2) is 30.3 Å². The first-order valence-electron chi connectivity index (χ1n) is 5.37. The van der Waals surface area contributed by atoms with Crippen LogP contribution in [0, 0.1) is 0 Å². The van der Waals surface area contributed by atoms with E-state index in [1.54, 1.807) is 0 Å². The second kappa shape index (κ2) is 4.79. The molecule has 4 nitrogen and oxygen atoms in total. The van der Waals surface area contributed by atoms with Crippen LogP contribution in [-0.4, -0.2) is 24.4 Å². The minimum atomic E-state index is -0.447. The Morgan fingerprint density at radius 3 is 2.69 bits per heavy atom. The van der Waals surface area contributed by atoms with Crippen molar-refractivity contribution < 1.29 is 9.59 Å². The average molecular weight is 218 g/mol. The number of nitrogens with one attached hydrogen (secondary N) is 2. The van der Waals surface area contributed by atoms with Gasteiger partial charge in [-0.3, -0.25) is 9.59 Å². The Kier molecular flexibility index (Phi) is 3.19. The van der Waals surface area contributed by atoms with Crippen molar-refractivity contribution in [2.75, 3.05) is 6.54 Å². The van der Waals surface area contributed by atoms with Crippen LogP contribution in [0.3, 0.4) is 0 Å². The lowest BCUT2D eigenvalue weighted by molar-refractivity contribution is -0.126. The second-order valence-electron chi connectivity index (χ2n) is 3.85. The zero-order chi connectivity index (χ0) is 11.4. The average Bonchev–Trinajstić information content (AvgIpc) is 2.43. The van der Waals surface area contributed by atoms with Crippen LogP contribution in [-0.2, 0) is 16.0 Å². The minimum absolute atomic E-state index is 0.0701. The molecule has 0 saturated carbocycles. The molecule has 4 heteroatoms. The van der Waals surface area contributed by atoms with Gasteiger partial charge in [-0.2, -0.15) is 0 Å². The topological polar surface area (TPSA) is 58.2 Å². The van der Waals surface area contributed by atoms with Crippen molar-refractivity contribution in [2.24, 2.45) is 0 Å². The summed E-state index contributed by atoms with van der Waals surface area (Å²) >= 11 is 0. The van der Waals surface area contributed by atoms with E-state index in [9.17, 15) is 9.59 Å². The molecular weight excluding hydrogens is 204 g/mol. The summed E-state index contributed by atoms with van der Waals surface area (Å²) in [5.74, 6) is -0.172. The summed E-state index contributed by atoms with van der Waals surface area (Å²) < 4.78 is 0. The van der Waals surface area contributed by atoms with Crippen molar-refractivity contribution in [1.29, 1.82) is 0 Å². The summed E-state index contributed by atoms with van der Waals surface area (Å²) in [7, 11) is 0. The SMILES string of the molecule is O=C1CCNC(=O)[C@H](Cc2ccccc2)N1. The van der Waals surface area contributed by atoms with Crippen molar-refractivity contribution >= 4 is 11.8 Å². The van der Waals surface area contributed by atoms with E-state index in [2.05, 4.69) is 10.6 Å². The molecule has 0 aliphatic carbocycles. The molecule has 2 N–H and O–H groups in total. The Bertz CT molecular complexity index is 389. The Balaban J connectivity index is 2.07. The van der Waals surface area contributed by atoms with Crippen LogP contribution in [0.5, 0.6) is 0 Å². The molecule has 0 aromatic heterocycles. The lowest BCUT2D eigenvalue weighted by atomic mass is 10.1. The van der Waals surface area contributed by atoms with E-state index >= 15 is 0 Å². The first-order valence-corrected chi connectivity index (χ1v) is 5.37. The van der Waals surface area contributed by atoms with Gasteiger partial charge >= 0.3 is 0 Å². The van der Waals surface area contributed by atoms with Crippen LogP contribution >= 0.6 is 0 Å². The smallest absolute Gasteiger partial charge is 0.242 e. The fourth-order valence-corrected chi connectivity index (χ4v) is 1.75. The number of rotatable bonds is 2. The van der Waals surface area contributed by atoms with Gasteiger partial charge in [0.1, 0.15) is 6.04 Å². The van der Waals surface area contributed by atoms with Gasteiger partial charge in [-0.25, -0.2) is 0 Å². The van der Waals surface area contributed by atoms with Crippen LogP contribution in [0.25, 0.3) is 0 Å². The molecule has 0 spiro atoms. The molecule has 1 aromatic rings. The predicted molar refractivity (Wildman–Crippen MR) is 59.7 cm³/mol. The number of carbonyl (C=O) groups is 2. The van der Waals surface area contributed by atoms with Gasteiger partial charge in [0.05, 0.1) is 0 Å². The van der Waals surface area contributed by atoms with E-state index in [-0.39, 0.29) is 11.8 Å². The van der Waals surface area contributed by atoms with Gasteiger partial charge < -0.3 is 10.6 Å². The van der Waals surface area contributed by atoms with E-state index in [4.69, 9.17) is 0 Å². The molecule has 1 aromatic carbocycles. The molecule has 16 heavy (non-hydrogen) atoms. The summed E-state index contributed by atoms with van der Waals surface area (Å²) in [6.45, 7) is 0.427. The van der Waals surface area contributed by atoms with Crippen LogP contribution in [0.1, 0.15) is 12.0 Å². The maximum atomic E-state index is 11.6. The predicted octanol–water partition coefficient (Wildman–Crippen LogP) is 0.234. The van der Waals surface area contributed by atoms with Crippen LogP contribution in [0.4, 0.5) is 0 Å². The number of hydrogen-bond donors (Lipinski definition) is 2. The van der Waals surface area contributed by atoms with Gasteiger partial charge in [0.15, 0.2) is 0 Å². The Labute approximate surface area is 94.0 Å². The van der Waals surface area contributed by atoms with E-state index < -0.39 is 6.04 Å². The van der Waals surface area contributed by atoms with Gasteiger partial charge in [0.2, 0.25) is 11.8 Å². The minimum Gasteiger partial charge on any atom is -0.354 e. The Morgan fingerprint density at radius 1 is 1.19 bits per heavy atom. The van der Waals surface area contributed by atoms with Crippen molar-refractivity contribution in [3.05, 3.63) is 35.9 Å². The third-order valence-corrected chi connectivity index (χ3v) is 2.59. The molecule has 2 rings (SSSR count). The van der Waals surface area contributed by atoms with Crippen LogP contribution in [0.2, 0.25) is 0 Å². The largest absolute Gasteiger partial charge is 0.354 e. The molecule has 1 atom stereocenters. The molecular formula is C12H14N2O2. The van der Waals surface area contributed by atoms with Gasteiger partial charge in [-0.1, -0.05) is 30.3 Å². The molecule has 0 bridgehead atoms. The van der Waals surface area contributed by atoms with E-state index in [0.717, 1.165) is 5.56 Å². The lowest BCUT2D eigenvalue weighted by Crippen LogP contribution is -2.44. The quantitative estimate of drug-likeness (QED) is 0.746. The van der Waals surface area contributed by atoms with Crippen molar-refractivity contribution in [2.45, 2.75) is 18.9 Å². The first-order chi connectivity index (χ1) is 7.75. The molecule has 0 unspecified atom stereocenters. The summed E-state index contributed by atoms with van der Waals surface area (Å²) in [4.78, 5) is 23.0. The summed E-state index contributed by atoms with van der Waals surface area (Å²) in [5, 5.41) is 5.45. The normalized spacial score (nSPS) is 20.9. The summed E-state index contributed by atoms with van der Waals surface area (Å²) in [6, 6.07) is 9.22. The van der Waals surface area contributed by atoms with E-state index in [0.29, 0.717) is 19.4 Å². The highest BCUT2D eigenvalue weighted by molar-refractivity contribution is 5.90. The number of carbonyl (C=O) groups excluding carboxylic acids is 2. The Morgan fingerprint density at radius 2 is 1.94 bits per heavy atom. The van der Waals surface area contributed by atoms with Crippen molar-refractivity contribution in [3.8, 4) is 0 Å². The third-order valence-electron chi connectivity index (χ3n) is 2.59. The highest BCUT2D eigenvalue weighted by Gasteiger charge is 2.23. The molecule has 84 valence electrons. The highest BCUT2D eigenvalue weighted by Crippen LogP contribution is 2.05. The molecule has 0 radical (unpaired) electrons. The number of hydrogen-bond acceptors (Lipinski definition) is 2. The molecule has 1 heterocycles. The Hall–Kier alpha value is -1.84. The standard InChI is InChI=1S/C12H14N2O2/c15-11-6-7-13-12(16)10(14-11)8-9-4-2-1-3-5-9/h1-5,10H,6-8H2,(H,13,16)(H,14,15)/t10-/m0/s1. The molecule has 2 amide bonds. The molecule has 1 aliphatic heterocycles. The summed E-state index contributed by atoms with van der Waals surface area (Å²) in [6.07, 6.45) is 0.898. The first kappa shape index (κ1) is 10.7. The van der Waals surface area contributed by atoms with Crippen molar-refractivity contribution in [1.82, 2.24) is 10.6 Å². The van der Waals surface area contributed by atoms with Gasteiger partial charge in [-0.05, 0) is 5.56 Å². The molecule has 1 saturated heterocycles. The monoisotopic (exact) mass is 218 g/mol. The molecule has 1 fully saturated rings. The van der Waals surface area contributed by atoms with E-state index in [1.807, 2.05) is 30.3 Å². The fourth-order valence-electron chi connectivity index (χ4n) is 1.75. The van der Waals surface area contributed by atoms with Gasteiger partial charge in [0, 0.05) is 19.4 Å². The summed E-state index contributed by atoms with van der Waals surface area (Å²) in [5.41, 5.74) is 1.05. The second-order valence-corrected chi connectivity index (χ2v) is 3.85. The zero-order valence-electron chi connectivity index (χ0n) is 8.90. The number of benzene rings is 1. The maximum absolute atomic E-state index is 11.6. The van der Waals surface area contributed by atoms with Crippen LogP contribution < -0.4 is 10.6 Å². The van der Waals surface area contributed by atoms with Gasteiger partial charge in [0.25, 0.3) is 0 Å². The van der Waals surface area contributed by atoms with E-state index in [1.165, 1.54) is 0 Å². The molecule has 1 aliphatic rings. The maximum Gasteiger partial charge on any atom is 0.242 e. The lowest BCUT2D eigenvalue weighted by Gasteiger charge is -2.14. The fraction of sp³-hybridized carbons (Fsp3) is 0.333. The van der Waals surface area contributed by atoms with Crippen molar-refractivity contribution in [3.63, 3.8) is 0 Å².